The molecular weight excluding hydrogens is 444 g/mol. The molecule has 0 saturated heterocycles. The standard InChI is InChI=1S/C27H22N4O4/c28-30-25(34)23-14-21-20(15-4-9-18(32)10-5-15)13-6-16-2-1-3-22(24(16)21)27(23,26(35)31-29)17-7-11-19(33)12-8-17/h1-14,32-33H,28-29H2,(H,30,34)(H,31,35). The average molecular weight is 466 g/mol. The van der Waals surface area contributed by atoms with Gasteiger partial charge in [0.15, 0.2) is 0 Å². The van der Waals surface area contributed by atoms with Crippen LogP contribution < -0.4 is 22.5 Å². The first-order valence-corrected chi connectivity index (χ1v) is 10.8. The Kier molecular flexibility index (Phi) is 5.24. The van der Waals surface area contributed by atoms with Gasteiger partial charge in [-0.1, -0.05) is 54.6 Å². The van der Waals surface area contributed by atoms with Crippen molar-refractivity contribution in [1.29, 1.82) is 0 Å². The Morgan fingerprint density at radius 1 is 0.771 bits per heavy atom. The van der Waals surface area contributed by atoms with Crippen molar-refractivity contribution in [3.8, 4) is 22.6 Å². The van der Waals surface area contributed by atoms with Crippen molar-refractivity contribution < 1.29 is 19.8 Å². The molecule has 0 heterocycles. The van der Waals surface area contributed by atoms with Crippen LogP contribution in [-0.2, 0) is 15.0 Å². The van der Waals surface area contributed by atoms with E-state index in [1.165, 1.54) is 12.1 Å². The van der Waals surface area contributed by atoms with Gasteiger partial charge in [-0.2, -0.15) is 0 Å². The van der Waals surface area contributed by atoms with Crippen LogP contribution >= 0.6 is 0 Å². The number of hydrogen-bond acceptors (Lipinski definition) is 6. The molecule has 1 aliphatic carbocycles. The topological polar surface area (TPSA) is 151 Å². The van der Waals surface area contributed by atoms with Gasteiger partial charge in [-0.05, 0) is 68.9 Å². The predicted molar refractivity (Wildman–Crippen MR) is 133 cm³/mol. The van der Waals surface area contributed by atoms with E-state index >= 15 is 0 Å². The van der Waals surface area contributed by atoms with Gasteiger partial charge in [-0.25, -0.2) is 11.7 Å². The van der Waals surface area contributed by atoms with E-state index in [-0.39, 0.29) is 17.1 Å². The first kappa shape index (κ1) is 22.1. The molecule has 0 saturated carbocycles. The number of carbonyl (C=O) groups excluding carboxylic acids is 2. The third-order valence-corrected chi connectivity index (χ3v) is 6.51. The van der Waals surface area contributed by atoms with E-state index in [2.05, 4.69) is 10.9 Å². The molecule has 1 unspecified atom stereocenters. The molecule has 0 aliphatic heterocycles. The normalized spacial score (nSPS) is 16.5. The van der Waals surface area contributed by atoms with Crippen LogP contribution in [-0.4, -0.2) is 22.0 Å². The molecule has 0 fully saturated rings. The van der Waals surface area contributed by atoms with Crippen molar-refractivity contribution in [3.05, 3.63) is 101 Å². The zero-order chi connectivity index (χ0) is 24.7. The number of benzene rings is 4. The van der Waals surface area contributed by atoms with Crippen LogP contribution in [0.25, 0.3) is 28.0 Å². The lowest BCUT2D eigenvalue weighted by Gasteiger charge is -2.38. The fourth-order valence-electron chi connectivity index (χ4n) is 4.98. The number of rotatable bonds is 4. The quantitative estimate of drug-likeness (QED) is 0.155. The Labute approximate surface area is 200 Å². The Morgan fingerprint density at radius 2 is 1.43 bits per heavy atom. The molecule has 8 N–H and O–H groups in total. The Bertz CT molecular complexity index is 1510. The van der Waals surface area contributed by atoms with Gasteiger partial charge >= 0.3 is 0 Å². The molecule has 8 heteroatoms. The fraction of sp³-hybridized carbons (Fsp3) is 0.0370. The van der Waals surface area contributed by atoms with Gasteiger partial charge in [0, 0.05) is 5.57 Å². The summed E-state index contributed by atoms with van der Waals surface area (Å²) < 4.78 is 0. The highest BCUT2D eigenvalue weighted by molar-refractivity contribution is 6.18. The maximum absolute atomic E-state index is 13.7. The van der Waals surface area contributed by atoms with Crippen LogP contribution in [0.4, 0.5) is 0 Å². The minimum atomic E-state index is -1.65. The molecule has 1 aliphatic rings. The summed E-state index contributed by atoms with van der Waals surface area (Å²) in [6.07, 6.45) is 1.65. The summed E-state index contributed by atoms with van der Waals surface area (Å²) in [7, 11) is 0. The lowest BCUT2D eigenvalue weighted by molar-refractivity contribution is -0.127. The minimum absolute atomic E-state index is 0.00916. The number of phenolic OH excluding ortho intramolecular Hbond substituents is 2. The molecule has 8 nitrogen and oxygen atoms in total. The van der Waals surface area contributed by atoms with Crippen LogP contribution in [0.15, 0.2) is 84.4 Å². The molecule has 4 aromatic rings. The second kappa shape index (κ2) is 8.28. The van der Waals surface area contributed by atoms with Gasteiger partial charge in [-0.15, -0.1) is 0 Å². The van der Waals surface area contributed by atoms with E-state index in [1.54, 1.807) is 48.5 Å². The molecule has 0 radical (unpaired) electrons. The van der Waals surface area contributed by atoms with Crippen LogP contribution in [0.5, 0.6) is 11.5 Å². The summed E-state index contributed by atoms with van der Waals surface area (Å²) in [6, 6.07) is 22.2. The van der Waals surface area contributed by atoms with Gasteiger partial charge < -0.3 is 10.2 Å². The van der Waals surface area contributed by atoms with Crippen molar-refractivity contribution in [2.24, 2.45) is 11.7 Å². The first-order chi connectivity index (χ1) is 16.9. The van der Waals surface area contributed by atoms with Gasteiger partial charge in [-0.3, -0.25) is 20.4 Å². The number of nitrogens with two attached hydrogens (primary N) is 2. The van der Waals surface area contributed by atoms with Crippen LogP contribution in [0.1, 0.15) is 16.7 Å². The zero-order valence-electron chi connectivity index (χ0n) is 18.4. The van der Waals surface area contributed by atoms with Gasteiger partial charge in [0.25, 0.3) is 11.8 Å². The third kappa shape index (κ3) is 3.23. The Morgan fingerprint density at radius 3 is 2.06 bits per heavy atom. The number of amides is 2. The molecule has 1 atom stereocenters. The van der Waals surface area contributed by atoms with E-state index in [0.29, 0.717) is 11.1 Å². The Hall–Kier alpha value is -4.66. The zero-order valence-corrected chi connectivity index (χ0v) is 18.4. The minimum Gasteiger partial charge on any atom is -0.508 e. The van der Waals surface area contributed by atoms with E-state index < -0.39 is 17.2 Å². The number of hydrazine groups is 2. The van der Waals surface area contributed by atoms with Crippen molar-refractivity contribution in [3.63, 3.8) is 0 Å². The summed E-state index contributed by atoms with van der Waals surface area (Å²) in [5.74, 6) is 10.1. The van der Waals surface area contributed by atoms with Crippen LogP contribution in [0.2, 0.25) is 0 Å². The highest BCUT2D eigenvalue weighted by Gasteiger charge is 2.51. The molecule has 2 amide bonds. The highest BCUT2D eigenvalue weighted by Crippen LogP contribution is 2.50. The van der Waals surface area contributed by atoms with Crippen molar-refractivity contribution in [2.75, 3.05) is 0 Å². The second-order valence-corrected chi connectivity index (χ2v) is 8.28. The summed E-state index contributed by atoms with van der Waals surface area (Å²) >= 11 is 0. The largest absolute Gasteiger partial charge is 0.508 e. The third-order valence-electron chi connectivity index (χ3n) is 6.51. The van der Waals surface area contributed by atoms with Crippen LogP contribution in [0, 0.1) is 0 Å². The molecule has 35 heavy (non-hydrogen) atoms. The van der Waals surface area contributed by atoms with Gasteiger partial charge in [0.1, 0.15) is 16.9 Å². The maximum atomic E-state index is 13.7. The van der Waals surface area contributed by atoms with Crippen molar-refractivity contribution in [2.45, 2.75) is 5.41 Å². The molecule has 174 valence electrons. The number of phenols is 2. The molecule has 0 spiro atoms. The van der Waals surface area contributed by atoms with E-state index in [0.717, 1.165) is 27.5 Å². The number of aromatic hydroxyl groups is 2. The second-order valence-electron chi connectivity index (χ2n) is 8.28. The molecule has 4 aromatic carbocycles. The summed E-state index contributed by atoms with van der Waals surface area (Å²) in [4.78, 5) is 26.9. The van der Waals surface area contributed by atoms with Gasteiger partial charge in [0.2, 0.25) is 0 Å². The van der Waals surface area contributed by atoms with E-state index in [4.69, 9.17) is 11.7 Å². The maximum Gasteiger partial charge on any atom is 0.262 e. The SMILES string of the molecule is NNC(=O)C1=Cc2c(-c3ccc(O)cc3)ccc3cccc(c23)C1(C(=O)NN)c1ccc(O)cc1. The lowest BCUT2D eigenvalue weighted by atomic mass is 9.63. The highest BCUT2D eigenvalue weighted by atomic mass is 16.3. The number of hydrogen-bond donors (Lipinski definition) is 6. The van der Waals surface area contributed by atoms with E-state index in [9.17, 15) is 19.8 Å². The van der Waals surface area contributed by atoms with E-state index in [1.807, 2.05) is 24.3 Å². The predicted octanol–water partition coefficient (Wildman–Crippen LogP) is 2.58. The number of nitrogens with one attached hydrogen (secondary N) is 2. The molecule has 5 rings (SSSR count). The molecule has 0 bridgehead atoms. The Balaban J connectivity index is 1.95. The average Bonchev–Trinajstić information content (AvgIpc) is 2.89. The molecular formula is C27H22N4O4. The monoisotopic (exact) mass is 466 g/mol. The smallest absolute Gasteiger partial charge is 0.262 e. The summed E-state index contributed by atoms with van der Waals surface area (Å²) in [5.41, 5.74) is 6.15. The summed E-state index contributed by atoms with van der Waals surface area (Å²) in [5, 5.41) is 21.3. The van der Waals surface area contributed by atoms with Crippen molar-refractivity contribution in [1.82, 2.24) is 10.9 Å². The van der Waals surface area contributed by atoms with Gasteiger partial charge in [0.05, 0.1) is 0 Å². The summed E-state index contributed by atoms with van der Waals surface area (Å²) in [6.45, 7) is 0. The molecule has 0 aromatic heterocycles. The van der Waals surface area contributed by atoms with Crippen molar-refractivity contribution >= 4 is 28.7 Å². The lowest BCUT2D eigenvalue weighted by Crippen LogP contribution is -2.53. The van der Waals surface area contributed by atoms with Crippen LogP contribution in [0.3, 0.4) is 0 Å². The first-order valence-electron chi connectivity index (χ1n) is 10.8. The fourth-order valence-corrected chi connectivity index (χ4v) is 4.98. The number of carbonyl (C=O) groups is 2.